The maximum absolute atomic E-state index is 13.5. The number of carbonyl (C=O) groups excluding carboxylic acids is 1. The molecule has 0 radical (unpaired) electrons. The third-order valence-corrected chi connectivity index (χ3v) is 9.67. The molecule has 4 aromatic carbocycles. The quantitative estimate of drug-likeness (QED) is 0.178. The third kappa shape index (κ3) is 8.58. The lowest BCUT2D eigenvalue weighted by atomic mass is 9.86. The van der Waals surface area contributed by atoms with Crippen LogP contribution >= 0.6 is 0 Å². The maximum atomic E-state index is 13.5. The summed E-state index contributed by atoms with van der Waals surface area (Å²) in [6.45, 7) is 6.35. The highest BCUT2D eigenvalue weighted by Gasteiger charge is 2.23. The molecule has 0 aliphatic carbocycles. The molecule has 2 aliphatic heterocycles. The number of ether oxygens (including phenoxy) is 3. The number of carbonyl (C=O) groups is 2. The SMILES string of the molecule is COc1cc(CN2CCCCC2)cc(OC)c1-c1cccc2c(CCC(=O)O)cccc12.Cc1c(C2CCOCC2)ccc(F)c1C(N)=O. The van der Waals surface area contributed by atoms with Crippen LogP contribution in [0, 0.1) is 12.7 Å². The van der Waals surface area contributed by atoms with Crippen LogP contribution in [0.3, 0.4) is 0 Å². The lowest BCUT2D eigenvalue weighted by Crippen LogP contribution is -2.29. The van der Waals surface area contributed by atoms with E-state index in [0.717, 1.165) is 77.0 Å². The number of primary amides is 1. The average Bonchev–Trinajstić information content (AvgIpc) is 3.11. The predicted molar refractivity (Wildman–Crippen MR) is 190 cm³/mol. The van der Waals surface area contributed by atoms with Gasteiger partial charge >= 0.3 is 5.97 Å². The normalized spacial score (nSPS) is 15.3. The van der Waals surface area contributed by atoms with E-state index in [1.807, 2.05) is 18.2 Å². The number of methoxy groups -OCH3 is 2. The Labute approximate surface area is 288 Å². The summed E-state index contributed by atoms with van der Waals surface area (Å²) in [6.07, 6.45) is 6.26. The van der Waals surface area contributed by atoms with Crippen LogP contribution in [0.15, 0.2) is 60.7 Å². The minimum absolute atomic E-state index is 0.0222. The number of carboxylic acids is 1. The largest absolute Gasteiger partial charge is 0.496 e. The molecule has 0 spiro atoms. The number of hydrogen-bond acceptors (Lipinski definition) is 6. The second-order valence-corrected chi connectivity index (χ2v) is 12.8. The fourth-order valence-corrected chi connectivity index (χ4v) is 7.20. The van der Waals surface area contributed by atoms with Crippen molar-refractivity contribution in [2.24, 2.45) is 5.73 Å². The molecule has 0 unspecified atom stereocenters. The third-order valence-electron chi connectivity index (χ3n) is 9.67. The summed E-state index contributed by atoms with van der Waals surface area (Å²) in [5, 5.41) is 11.3. The summed E-state index contributed by atoms with van der Waals surface area (Å²) in [5.74, 6) is -0.104. The van der Waals surface area contributed by atoms with Gasteiger partial charge in [0.15, 0.2) is 0 Å². The molecule has 2 saturated heterocycles. The zero-order valence-corrected chi connectivity index (χ0v) is 28.7. The topological polar surface area (TPSA) is 111 Å². The van der Waals surface area contributed by atoms with Gasteiger partial charge in [-0.25, -0.2) is 4.39 Å². The van der Waals surface area contributed by atoms with E-state index >= 15 is 0 Å². The van der Waals surface area contributed by atoms with Gasteiger partial charge in [0.05, 0.1) is 25.3 Å². The molecule has 1 amide bonds. The minimum Gasteiger partial charge on any atom is -0.496 e. The molecule has 2 aliphatic rings. The van der Waals surface area contributed by atoms with E-state index in [4.69, 9.17) is 25.1 Å². The van der Waals surface area contributed by atoms with Crippen molar-refractivity contribution >= 4 is 22.6 Å². The van der Waals surface area contributed by atoms with Gasteiger partial charge in [0, 0.05) is 26.2 Å². The Kier molecular flexibility index (Phi) is 12.3. The monoisotopic (exact) mass is 670 g/mol. The summed E-state index contributed by atoms with van der Waals surface area (Å²) in [4.78, 5) is 24.8. The molecule has 6 rings (SSSR count). The molecule has 0 atom stereocenters. The van der Waals surface area contributed by atoms with Crippen LogP contribution in [0.2, 0.25) is 0 Å². The first-order valence-corrected chi connectivity index (χ1v) is 17.1. The van der Waals surface area contributed by atoms with Crippen LogP contribution in [0.4, 0.5) is 4.39 Å². The minimum atomic E-state index is -0.786. The Morgan fingerprint density at radius 1 is 0.939 bits per heavy atom. The molecule has 2 fully saturated rings. The van der Waals surface area contributed by atoms with Crippen molar-refractivity contribution in [3.05, 3.63) is 94.3 Å². The number of carboxylic acid groups (broad SMARTS) is 1. The number of nitrogens with zero attached hydrogens (tertiary/aromatic N) is 1. The fourth-order valence-electron chi connectivity index (χ4n) is 7.20. The number of rotatable bonds is 10. The van der Waals surface area contributed by atoms with E-state index < -0.39 is 17.7 Å². The van der Waals surface area contributed by atoms with Crippen molar-refractivity contribution in [3.8, 4) is 22.6 Å². The Hall–Kier alpha value is -4.47. The van der Waals surface area contributed by atoms with Gasteiger partial charge in [-0.3, -0.25) is 14.5 Å². The Bertz CT molecular complexity index is 1750. The van der Waals surface area contributed by atoms with E-state index in [2.05, 4.69) is 35.2 Å². The second kappa shape index (κ2) is 16.8. The van der Waals surface area contributed by atoms with Crippen molar-refractivity contribution in [1.29, 1.82) is 0 Å². The number of amides is 1. The number of aryl methyl sites for hydroxylation is 1. The molecular weight excluding hydrogens is 623 g/mol. The molecule has 49 heavy (non-hydrogen) atoms. The van der Waals surface area contributed by atoms with Gasteiger partial charge in [0.1, 0.15) is 17.3 Å². The van der Waals surface area contributed by atoms with Crippen LogP contribution in [0.1, 0.15) is 77.1 Å². The summed E-state index contributed by atoms with van der Waals surface area (Å²) >= 11 is 0. The molecule has 9 heteroatoms. The first-order chi connectivity index (χ1) is 23.7. The summed E-state index contributed by atoms with van der Waals surface area (Å²) < 4.78 is 30.5. The highest BCUT2D eigenvalue weighted by Crippen LogP contribution is 2.43. The molecule has 0 saturated carbocycles. The highest BCUT2D eigenvalue weighted by atomic mass is 19.1. The maximum Gasteiger partial charge on any atom is 0.303 e. The summed E-state index contributed by atoms with van der Waals surface area (Å²) in [7, 11) is 3.40. The van der Waals surface area contributed by atoms with E-state index in [1.54, 1.807) is 27.2 Å². The molecule has 260 valence electrons. The number of hydrogen-bond donors (Lipinski definition) is 2. The van der Waals surface area contributed by atoms with E-state index in [1.165, 1.54) is 30.9 Å². The van der Waals surface area contributed by atoms with E-state index in [9.17, 15) is 14.0 Å². The Morgan fingerprint density at radius 3 is 2.22 bits per heavy atom. The summed E-state index contributed by atoms with van der Waals surface area (Å²) in [6, 6.07) is 19.6. The highest BCUT2D eigenvalue weighted by molar-refractivity contribution is 6.01. The standard InChI is InChI=1S/C27H31NO4.C13H16FNO2/c1-31-24-16-19(18-28-14-4-3-5-15-28)17-25(32-2)27(24)23-11-7-9-21-20(12-13-26(29)30)8-6-10-22(21)23;1-8-10(9-4-6-17-7-5-9)2-3-11(14)12(8)13(15)16/h6-11,16-17H,3-5,12-15,18H2,1-2H3,(H,29,30);2-3,9H,4-7H2,1H3,(H2,15,16). The zero-order chi connectivity index (χ0) is 34.9. The lowest BCUT2D eigenvalue weighted by molar-refractivity contribution is -0.136. The first-order valence-electron chi connectivity index (χ1n) is 17.1. The number of nitrogens with two attached hydrogens (primary N) is 1. The van der Waals surface area contributed by atoms with E-state index in [0.29, 0.717) is 31.1 Å². The number of fused-ring (bicyclic) bond motifs is 1. The fraction of sp³-hybridized carbons (Fsp3) is 0.400. The molecule has 3 N–H and O–H groups in total. The van der Waals surface area contributed by atoms with Gasteiger partial charge in [-0.15, -0.1) is 0 Å². The number of aliphatic carboxylic acids is 1. The molecule has 0 aromatic heterocycles. The predicted octanol–water partition coefficient (Wildman–Crippen LogP) is 7.65. The first kappa shape index (κ1) is 35.8. The molecular formula is C40H47FN2O6. The van der Waals surface area contributed by atoms with Gasteiger partial charge in [0.25, 0.3) is 5.91 Å². The average molecular weight is 671 g/mol. The zero-order valence-electron chi connectivity index (χ0n) is 28.7. The van der Waals surface area contributed by atoms with Gasteiger partial charge in [0.2, 0.25) is 0 Å². The molecule has 8 nitrogen and oxygen atoms in total. The van der Waals surface area contributed by atoms with Crippen molar-refractivity contribution in [2.45, 2.75) is 64.3 Å². The lowest BCUT2D eigenvalue weighted by Gasteiger charge is -2.27. The van der Waals surface area contributed by atoms with Gasteiger partial charge in [-0.05, 0) is 115 Å². The number of benzene rings is 4. The second-order valence-electron chi connectivity index (χ2n) is 12.8. The van der Waals surface area contributed by atoms with Crippen molar-refractivity contribution in [3.63, 3.8) is 0 Å². The number of halogens is 1. The summed E-state index contributed by atoms with van der Waals surface area (Å²) in [5.41, 5.74) is 11.1. The van der Waals surface area contributed by atoms with Crippen molar-refractivity contribution in [1.82, 2.24) is 4.90 Å². The number of piperidine rings is 1. The van der Waals surface area contributed by atoms with Crippen LogP contribution in [-0.2, 0) is 22.5 Å². The van der Waals surface area contributed by atoms with Crippen LogP contribution < -0.4 is 15.2 Å². The molecule has 4 aromatic rings. The van der Waals surface area contributed by atoms with E-state index in [-0.39, 0.29) is 12.0 Å². The van der Waals surface area contributed by atoms with Crippen LogP contribution in [-0.4, -0.2) is 62.4 Å². The smallest absolute Gasteiger partial charge is 0.303 e. The Balaban J connectivity index is 0.000000232. The van der Waals surface area contributed by atoms with Crippen LogP contribution in [0.5, 0.6) is 11.5 Å². The van der Waals surface area contributed by atoms with Gasteiger partial charge in [-0.2, -0.15) is 0 Å². The van der Waals surface area contributed by atoms with Gasteiger partial charge < -0.3 is 25.1 Å². The van der Waals surface area contributed by atoms with Crippen molar-refractivity contribution in [2.75, 3.05) is 40.5 Å². The van der Waals surface area contributed by atoms with Crippen LogP contribution in [0.25, 0.3) is 21.9 Å². The number of likely N-dealkylation sites (tertiary alicyclic amines) is 1. The van der Waals surface area contributed by atoms with Crippen molar-refractivity contribution < 1.29 is 33.3 Å². The molecule has 0 bridgehead atoms. The molecule has 2 heterocycles. The Morgan fingerprint density at radius 2 is 1.59 bits per heavy atom. The van der Waals surface area contributed by atoms with Gasteiger partial charge in [-0.1, -0.05) is 48.9 Å².